The summed E-state index contributed by atoms with van der Waals surface area (Å²) in [6.45, 7) is 7.18. The van der Waals surface area contributed by atoms with E-state index in [2.05, 4.69) is 38.7 Å². The molecule has 0 fully saturated rings. The standard InChI is InChI=1S/C14H16O/c1-14(2,3)8-6-11-4-5-13-12(10-11)7-9-15-13/h4-5,10H,7,9H2,1-3H3. The van der Waals surface area contributed by atoms with Gasteiger partial charge in [0.15, 0.2) is 0 Å². The van der Waals surface area contributed by atoms with Gasteiger partial charge in [-0.15, -0.1) is 0 Å². The molecule has 1 aliphatic heterocycles. The second kappa shape index (κ2) is 3.62. The van der Waals surface area contributed by atoms with Crippen molar-refractivity contribution in [2.24, 2.45) is 5.41 Å². The van der Waals surface area contributed by atoms with Crippen LogP contribution in [0.15, 0.2) is 18.2 Å². The fourth-order valence-corrected chi connectivity index (χ4v) is 1.52. The first-order chi connectivity index (χ1) is 7.04. The van der Waals surface area contributed by atoms with Crippen LogP contribution in [0.2, 0.25) is 0 Å². The van der Waals surface area contributed by atoms with Crippen LogP contribution < -0.4 is 4.74 Å². The molecule has 0 aromatic heterocycles. The summed E-state index contributed by atoms with van der Waals surface area (Å²) in [5.41, 5.74) is 2.44. The fraction of sp³-hybridized carbons (Fsp3) is 0.429. The van der Waals surface area contributed by atoms with E-state index >= 15 is 0 Å². The molecular weight excluding hydrogens is 184 g/mol. The normalized spacial score (nSPS) is 13.8. The number of fused-ring (bicyclic) bond motifs is 1. The van der Waals surface area contributed by atoms with Crippen molar-refractivity contribution < 1.29 is 4.74 Å². The molecule has 0 aliphatic carbocycles. The minimum absolute atomic E-state index is 0.0650. The molecule has 15 heavy (non-hydrogen) atoms. The SMILES string of the molecule is CC(C)(C)C#Cc1ccc2c(c1)CCO2. The number of benzene rings is 1. The smallest absolute Gasteiger partial charge is 0.122 e. The summed E-state index contributed by atoms with van der Waals surface area (Å²) in [5, 5.41) is 0. The van der Waals surface area contributed by atoms with Crippen LogP contribution in [-0.4, -0.2) is 6.61 Å². The van der Waals surface area contributed by atoms with E-state index in [1.165, 1.54) is 5.56 Å². The van der Waals surface area contributed by atoms with Crippen molar-refractivity contribution in [2.75, 3.05) is 6.61 Å². The second-order valence-corrected chi connectivity index (χ2v) is 4.92. The molecule has 0 radical (unpaired) electrons. The highest BCUT2D eigenvalue weighted by Crippen LogP contribution is 2.25. The van der Waals surface area contributed by atoms with Crippen LogP contribution in [0, 0.1) is 17.3 Å². The third-order valence-electron chi connectivity index (χ3n) is 2.27. The Bertz CT molecular complexity index is 427. The van der Waals surface area contributed by atoms with Gasteiger partial charge in [-0.05, 0) is 44.5 Å². The number of hydrogen-bond donors (Lipinski definition) is 0. The van der Waals surface area contributed by atoms with E-state index in [0.29, 0.717) is 0 Å². The first-order valence-electron chi connectivity index (χ1n) is 5.33. The highest BCUT2D eigenvalue weighted by Gasteiger charge is 2.11. The highest BCUT2D eigenvalue weighted by atomic mass is 16.5. The zero-order valence-corrected chi connectivity index (χ0v) is 9.55. The molecular formula is C14H16O. The first kappa shape index (κ1) is 10.1. The van der Waals surface area contributed by atoms with Crippen LogP contribution in [0.25, 0.3) is 0 Å². The van der Waals surface area contributed by atoms with Crippen molar-refractivity contribution >= 4 is 0 Å². The Balaban J connectivity index is 2.27. The largest absolute Gasteiger partial charge is 0.493 e. The number of hydrogen-bond acceptors (Lipinski definition) is 1. The van der Waals surface area contributed by atoms with Crippen LogP contribution in [0.5, 0.6) is 5.75 Å². The maximum atomic E-state index is 5.45. The monoisotopic (exact) mass is 200 g/mol. The summed E-state index contributed by atoms with van der Waals surface area (Å²) in [6, 6.07) is 6.19. The van der Waals surface area contributed by atoms with E-state index in [0.717, 1.165) is 24.3 Å². The molecule has 0 unspecified atom stereocenters. The van der Waals surface area contributed by atoms with E-state index in [9.17, 15) is 0 Å². The van der Waals surface area contributed by atoms with Crippen LogP contribution >= 0.6 is 0 Å². The molecule has 1 aromatic carbocycles. The summed E-state index contributed by atoms with van der Waals surface area (Å²) in [4.78, 5) is 0. The molecule has 0 saturated heterocycles. The first-order valence-corrected chi connectivity index (χ1v) is 5.33. The quantitative estimate of drug-likeness (QED) is 0.585. The van der Waals surface area contributed by atoms with Crippen molar-refractivity contribution in [2.45, 2.75) is 27.2 Å². The van der Waals surface area contributed by atoms with Crippen molar-refractivity contribution in [3.63, 3.8) is 0 Å². The van der Waals surface area contributed by atoms with Crippen LogP contribution in [0.4, 0.5) is 0 Å². The lowest BCUT2D eigenvalue weighted by atomic mass is 9.97. The molecule has 0 atom stereocenters. The topological polar surface area (TPSA) is 9.23 Å². The molecule has 0 spiro atoms. The molecule has 1 aromatic rings. The molecule has 1 aliphatic rings. The fourth-order valence-electron chi connectivity index (χ4n) is 1.52. The molecule has 0 saturated carbocycles. The van der Waals surface area contributed by atoms with Crippen molar-refractivity contribution in [3.05, 3.63) is 29.3 Å². The van der Waals surface area contributed by atoms with E-state index in [-0.39, 0.29) is 5.41 Å². The molecule has 0 N–H and O–H groups in total. The molecule has 1 nitrogen and oxygen atoms in total. The summed E-state index contributed by atoms with van der Waals surface area (Å²) < 4.78 is 5.45. The maximum Gasteiger partial charge on any atom is 0.122 e. The molecule has 0 amide bonds. The van der Waals surface area contributed by atoms with E-state index in [1.807, 2.05) is 12.1 Å². The second-order valence-electron chi connectivity index (χ2n) is 4.92. The average molecular weight is 200 g/mol. The van der Waals surface area contributed by atoms with Gasteiger partial charge in [0.05, 0.1) is 6.61 Å². The summed E-state index contributed by atoms with van der Waals surface area (Å²) in [7, 11) is 0. The lowest BCUT2D eigenvalue weighted by molar-refractivity contribution is 0.357. The molecule has 2 rings (SSSR count). The van der Waals surface area contributed by atoms with E-state index in [4.69, 9.17) is 4.74 Å². The Morgan fingerprint density at radius 1 is 1.27 bits per heavy atom. The number of rotatable bonds is 0. The lowest BCUT2D eigenvalue weighted by Crippen LogP contribution is -1.99. The van der Waals surface area contributed by atoms with Crippen molar-refractivity contribution in [3.8, 4) is 17.6 Å². The molecule has 1 heteroatoms. The lowest BCUT2D eigenvalue weighted by Gasteiger charge is -2.06. The van der Waals surface area contributed by atoms with Gasteiger partial charge in [-0.2, -0.15) is 0 Å². The minimum atomic E-state index is 0.0650. The maximum absolute atomic E-state index is 5.45. The van der Waals surface area contributed by atoms with Gasteiger partial charge in [-0.25, -0.2) is 0 Å². The molecule has 1 heterocycles. The predicted molar refractivity (Wildman–Crippen MR) is 62.0 cm³/mol. The molecule has 78 valence electrons. The van der Waals surface area contributed by atoms with Crippen molar-refractivity contribution in [1.29, 1.82) is 0 Å². The third-order valence-corrected chi connectivity index (χ3v) is 2.27. The number of ether oxygens (including phenoxy) is 1. The zero-order valence-electron chi connectivity index (χ0n) is 9.55. The average Bonchev–Trinajstić information content (AvgIpc) is 2.60. The Labute approximate surface area is 91.5 Å². The molecule has 0 bridgehead atoms. The summed E-state index contributed by atoms with van der Waals surface area (Å²) >= 11 is 0. The van der Waals surface area contributed by atoms with Gasteiger partial charge in [0.2, 0.25) is 0 Å². The summed E-state index contributed by atoms with van der Waals surface area (Å²) in [6.07, 6.45) is 1.01. The van der Waals surface area contributed by atoms with E-state index in [1.54, 1.807) is 0 Å². The van der Waals surface area contributed by atoms with Crippen LogP contribution in [-0.2, 0) is 6.42 Å². The Kier molecular flexibility index (Phi) is 2.44. The highest BCUT2D eigenvalue weighted by molar-refractivity contribution is 5.46. The van der Waals surface area contributed by atoms with Crippen LogP contribution in [0.1, 0.15) is 31.9 Å². The van der Waals surface area contributed by atoms with Gasteiger partial charge < -0.3 is 4.74 Å². The van der Waals surface area contributed by atoms with Gasteiger partial charge in [0.25, 0.3) is 0 Å². The Morgan fingerprint density at radius 3 is 2.80 bits per heavy atom. The van der Waals surface area contributed by atoms with Gasteiger partial charge in [0, 0.05) is 17.4 Å². The third kappa shape index (κ3) is 2.53. The van der Waals surface area contributed by atoms with Gasteiger partial charge in [0.1, 0.15) is 5.75 Å². The van der Waals surface area contributed by atoms with Gasteiger partial charge >= 0.3 is 0 Å². The Hall–Kier alpha value is -1.42. The van der Waals surface area contributed by atoms with Gasteiger partial charge in [-0.1, -0.05) is 11.8 Å². The minimum Gasteiger partial charge on any atom is -0.493 e. The zero-order chi connectivity index (χ0) is 10.9. The van der Waals surface area contributed by atoms with E-state index < -0.39 is 0 Å². The summed E-state index contributed by atoms with van der Waals surface area (Å²) in [5.74, 6) is 7.47. The Morgan fingerprint density at radius 2 is 2.07 bits per heavy atom. The van der Waals surface area contributed by atoms with Gasteiger partial charge in [-0.3, -0.25) is 0 Å². The van der Waals surface area contributed by atoms with Crippen molar-refractivity contribution in [1.82, 2.24) is 0 Å². The van der Waals surface area contributed by atoms with Crippen LogP contribution in [0.3, 0.4) is 0 Å². The predicted octanol–water partition coefficient (Wildman–Crippen LogP) is 3.02.